The maximum absolute atomic E-state index is 14.2. The standard InChI is InChI=1S/C17H11BrFNO2S/c18-9-3-4-10(13(19)5-9)15-7-12-11(8-1-2-8)6-14(17(21)22)20-16(12)23-15/h3-8H,1-2H2,(H,21,22). The van der Waals surface area contributed by atoms with Crippen molar-refractivity contribution in [3.63, 3.8) is 0 Å². The summed E-state index contributed by atoms with van der Waals surface area (Å²) in [6, 6.07) is 8.53. The van der Waals surface area contributed by atoms with Crippen LogP contribution >= 0.6 is 27.3 Å². The average molecular weight is 392 g/mol. The van der Waals surface area contributed by atoms with E-state index < -0.39 is 5.97 Å². The minimum atomic E-state index is -1.03. The molecule has 116 valence electrons. The van der Waals surface area contributed by atoms with Gasteiger partial charge in [0.05, 0.1) is 0 Å². The quantitative estimate of drug-likeness (QED) is 0.646. The van der Waals surface area contributed by atoms with E-state index in [-0.39, 0.29) is 11.5 Å². The van der Waals surface area contributed by atoms with Crippen LogP contribution in [0.2, 0.25) is 0 Å². The fraction of sp³-hybridized carbons (Fsp3) is 0.176. The van der Waals surface area contributed by atoms with Gasteiger partial charge in [0.15, 0.2) is 0 Å². The topological polar surface area (TPSA) is 50.2 Å². The first kappa shape index (κ1) is 14.8. The number of nitrogens with zero attached hydrogens (tertiary/aromatic N) is 1. The van der Waals surface area contributed by atoms with Gasteiger partial charge in [-0.15, -0.1) is 11.3 Å². The molecular formula is C17H11BrFNO2S. The molecule has 0 bridgehead atoms. The lowest BCUT2D eigenvalue weighted by atomic mass is 10.1. The highest BCUT2D eigenvalue weighted by molar-refractivity contribution is 9.10. The minimum absolute atomic E-state index is 0.0593. The van der Waals surface area contributed by atoms with Crippen molar-refractivity contribution in [2.24, 2.45) is 0 Å². The third kappa shape index (κ3) is 2.66. The van der Waals surface area contributed by atoms with Crippen LogP contribution in [0.3, 0.4) is 0 Å². The number of benzene rings is 1. The van der Waals surface area contributed by atoms with Crippen LogP contribution in [0.15, 0.2) is 34.8 Å². The number of rotatable bonds is 3. The monoisotopic (exact) mass is 391 g/mol. The number of thiophene rings is 1. The molecule has 3 nitrogen and oxygen atoms in total. The largest absolute Gasteiger partial charge is 0.477 e. The summed E-state index contributed by atoms with van der Waals surface area (Å²) >= 11 is 4.59. The van der Waals surface area contributed by atoms with E-state index >= 15 is 0 Å². The molecule has 0 saturated heterocycles. The molecule has 0 spiro atoms. The van der Waals surface area contributed by atoms with Crippen molar-refractivity contribution in [3.05, 3.63) is 51.9 Å². The maximum Gasteiger partial charge on any atom is 0.354 e. The van der Waals surface area contributed by atoms with Crippen LogP contribution in [0, 0.1) is 5.82 Å². The summed E-state index contributed by atoms with van der Waals surface area (Å²) in [4.78, 5) is 16.9. The van der Waals surface area contributed by atoms with Gasteiger partial charge < -0.3 is 5.11 Å². The number of carboxylic acid groups (broad SMARTS) is 1. The van der Waals surface area contributed by atoms with Crippen molar-refractivity contribution in [3.8, 4) is 10.4 Å². The highest BCUT2D eigenvalue weighted by Gasteiger charge is 2.28. The molecule has 1 N–H and O–H groups in total. The summed E-state index contributed by atoms with van der Waals surface area (Å²) in [6.45, 7) is 0. The Morgan fingerprint density at radius 1 is 1.30 bits per heavy atom. The zero-order chi connectivity index (χ0) is 16.1. The van der Waals surface area contributed by atoms with Gasteiger partial charge in [-0.3, -0.25) is 0 Å². The Labute approximate surface area is 143 Å². The maximum atomic E-state index is 14.2. The third-order valence-electron chi connectivity index (χ3n) is 3.97. The summed E-state index contributed by atoms with van der Waals surface area (Å²) in [7, 11) is 0. The Bertz CT molecular complexity index is 949. The first-order chi connectivity index (χ1) is 11.0. The number of hydrogen-bond donors (Lipinski definition) is 1. The van der Waals surface area contributed by atoms with Gasteiger partial charge in [-0.25, -0.2) is 14.2 Å². The van der Waals surface area contributed by atoms with E-state index in [2.05, 4.69) is 20.9 Å². The highest BCUT2D eigenvalue weighted by Crippen LogP contribution is 2.46. The van der Waals surface area contributed by atoms with Crippen molar-refractivity contribution >= 4 is 43.5 Å². The fourth-order valence-electron chi connectivity index (χ4n) is 2.70. The fourth-order valence-corrected chi connectivity index (χ4v) is 4.13. The van der Waals surface area contributed by atoms with Gasteiger partial charge in [0.2, 0.25) is 0 Å². The van der Waals surface area contributed by atoms with Crippen LogP contribution in [-0.2, 0) is 0 Å². The minimum Gasteiger partial charge on any atom is -0.477 e. The second kappa shape index (κ2) is 5.39. The zero-order valence-corrected chi connectivity index (χ0v) is 14.2. The second-order valence-electron chi connectivity index (χ2n) is 5.63. The number of carbonyl (C=O) groups is 1. The zero-order valence-electron chi connectivity index (χ0n) is 11.8. The Kier molecular flexibility index (Phi) is 3.46. The van der Waals surface area contributed by atoms with E-state index in [4.69, 9.17) is 0 Å². The van der Waals surface area contributed by atoms with E-state index in [1.165, 1.54) is 17.4 Å². The molecule has 0 amide bonds. The van der Waals surface area contributed by atoms with E-state index in [1.807, 2.05) is 6.07 Å². The Hall–Kier alpha value is -1.79. The van der Waals surface area contributed by atoms with Crippen molar-refractivity contribution in [1.29, 1.82) is 0 Å². The predicted molar refractivity (Wildman–Crippen MR) is 91.6 cm³/mol. The van der Waals surface area contributed by atoms with E-state index in [1.54, 1.807) is 18.2 Å². The number of halogens is 2. The lowest BCUT2D eigenvalue weighted by Gasteiger charge is -2.02. The first-order valence-corrected chi connectivity index (χ1v) is 8.77. The molecule has 1 aliphatic carbocycles. The number of aromatic carboxylic acids is 1. The molecule has 0 atom stereocenters. The van der Waals surface area contributed by atoms with Crippen LogP contribution < -0.4 is 0 Å². The van der Waals surface area contributed by atoms with Gasteiger partial charge in [0.25, 0.3) is 0 Å². The molecule has 1 saturated carbocycles. The highest BCUT2D eigenvalue weighted by atomic mass is 79.9. The molecule has 0 radical (unpaired) electrons. The van der Waals surface area contributed by atoms with Crippen LogP contribution in [0.1, 0.15) is 34.8 Å². The molecule has 6 heteroatoms. The molecule has 4 rings (SSSR count). The van der Waals surface area contributed by atoms with Crippen LogP contribution in [-0.4, -0.2) is 16.1 Å². The van der Waals surface area contributed by atoms with Crippen LogP contribution in [0.5, 0.6) is 0 Å². The number of hydrogen-bond acceptors (Lipinski definition) is 3. The SMILES string of the molecule is O=C(O)c1cc(C2CC2)c2cc(-c3ccc(Br)cc3F)sc2n1. The number of aromatic nitrogens is 1. The molecule has 1 aliphatic rings. The molecule has 1 aromatic carbocycles. The normalized spacial score (nSPS) is 14.3. The molecule has 3 aromatic rings. The van der Waals surface area contributed by atoms with Crippen molar-refractivity contribution < 1.29 is 14.3 Å². The predicted octanol–water partition coefficient (Wildman–Crippen LogP) is 5.44. The van der Waals surface area contributed by atoms with Gasteiger partial charge in [-0.05, 0) is 54.7 Å². The Morgan fingerprint density at radius 3 is 2.74 bits per heavy atom. The second-order valence-corrected chi connectivity index (χ2v) is 7.58. The van der Waals surface area contributed by atoms with Gasteiger partial charge in [0.1, 0.15) is 16.3 Å². The van der Waals surface area contributed by atoms with Crippen molar-refractivity contribution in [2.75, 3.05) is 0 Å². The summed E-state index contributed by atoms with van der Waals surface area (Å²) in [6.07, 6.45) is 2.13. The number of pyridine rings is 1. The summed E-state index contributed by atoms with van der Waals surface area (Å²) in [5.41, 5.74) is 1.59. The molecule has 23 heavy (non-hydrogen) atoms. The smallest absolute Gasteiger partial charge is 0.354 e. The Morgan fingerprint density at radius 2 is 2.09 bits per heavy atom. The van der Waals surface area contributed by atoms with Gasteiger partial charge in [-0.1, -0.05) is 15.9 Å². The van der Waals surface area contributed by atoms with E-state index in [9.17, 15) is 14.3 Å². The lowest BCUT2D eigenvalue weighted by Crippen LogP contribution is -2.01. The van der Waals surface area contributed by atoms with Crippen LogP contribution in [0.4, 0.5) is 4.39 Å². The average Bonchev–Trinajstić information content (AvgIpc) is 3.25. The van der Waals surface area contributed by atoms with Crippen molar-refractivity contribution in [2.45, 2.75) is 18.8 Å². The molecular weight excluding hydrogens is 381 g/mol. The van der Waals surface area contributed by atoms with Gasteiger partial charge >= 0.3 is 5.97 Å². The molecule has 1 fully saturated rings. The van der Waals surface area contributed by atoms with Crippen LogP contribution in [0.25, 0.3) is 20.7 Å². The molecule has 0 unspecified atom stereocenters. The van der Waals surface area contributed by atoms with E-state index in [0.29, 0.717) is 20.8 Å². The van der Waals surface area contributed by atoms with Gasteiger partial charge in [-0.2, -0.15) is 0 Å². The number of carboxylic acids is 1. The summed E-state index contributed by atoms with van der Waals surface area (Å²) in [5.74, 6) is -0.938. The summed E-state index contributed by atoms with van der Waals surface area (Å²) in [5, 5.41) is 10.2. The van der Waals surface area contributed by atoms with Crippen molar-refractivity contribution in [1.82, 2.24) is 4.98 Å². The first-order valence-electron chi connectivity index (χ1n) is 7.16. The lowest BCUT2D eigenvalue weighted by molar-refractivity contribution is 0.0691. The molecule has 2 aromatic heterocycles. The van der Waals surface area contributed by atoms with E-state index in [0.717, 1.165) is 28.7 Å². The molecule has 0 aliphatic heterocycles. The third-order valence-corrected chi connectivity index (χ3v) is 5.53. The van der Waals surface area contributed by atoms with Gasteiger partial charge in [0, 0.05) is 20.3 Å². The summed E-state index contributed by atoms with van der Waals surface area (Å²) < 4.78 is 14.9. The molecule has 2 heterocycles. The Balaban J connectivity index is 1.93. The number of fused-ring (bicyclic) bond motifs is 1.